The largest absolute Gasteiger partial charge is 0.300 e. The fourth-order valence-electron chi connectivity index (χ4n) is 2.59. The maximum atomic E-state index is 12.7. The van der Waals surface area contributed by atoms with Gasteiger partial charge in [0.2, 0.25) is 5.95 Å². The van der Waals surface area contributed by atoms with Gasteiger partial charge in [0.15, 0.2) is 0 Å². The van der Waals surface area contributed by atoms with Crippen LogP contribution in [0.1, 0.15) is 30.3 Å². The molecule has 1 saturated carbocycles. The summed E-state index contributed by atoms with van der Waals surface area (Å²) in [6, 6.07) is 6.75. The molecular formula is C16H17N5O2S2. The van der Waals surface area contributed by atoms with Crippen molar-refractivity contribution < 1.29 is 8.42 Å². The van der Waals surface area contributed by atoms with Crippen LogP contribution in [0.2, 0.25) is 0 Å². The molecule has 1 aliphatic rings. The highest BCUT2D eigenvalue weighted by atomic mass is 32.2. The van der Waals surface area contributed by atoms with Gasteiger partial charge >= 0.3 is 0 Å². The van der Waals surface area contributed by atoms with Crippen LogP contribution in [0.15, 0.2) is 34.5 Å². The molecule has 0 saturated heterocycles. The smallest absolute Gasteiger partial charge is 0.264 e. The number of aromatic nitrogens is 4. The SMILES string of the molecule is Cc1csc(-c2cccc(S(=O)(=O)Nc3nnc(C4CC4)n3C)c2)n1. The summed E-state index contributed by atoms with van der Waals surface area (Å²) in [5, 5.41) is 10.8. The third-order valence-corrected chi connectivity index (χ3v) is 6.42. The standard InChI is InChI=1S/C16H17N5O2S2/c1-10-9-24-15(17-10)12-4-3-5-13(8-12)25(22,23)20-16-19-18-14(21(16)2)11-6-7-11/h3-5,8-9,11H,6-7H2,1-2H3,(H,19,20). The molecule has 1 aromatic carbocycles. The van der Waals surface area contributed by atoms with Gasteiger partial charge in [0.1, 0.15) is 10.8 Å². The van der Waals surface area contributed by atoms with E-state index in [2.05, 4.69) is 19.9 Å². The molecule has 0 bridgehead atoms. The summed E-state index contributed by atoms with van der Waals surface area (Å²) >= 11 is 1.49. The van der Waals surface area contributed by atoms with Gasteiger partial charge in [-0.15, -0.1) is 21.5 Å². The van der Waals surface area contributed by atoms with Crippen LogP contribution in [0.5, 0.6) is 0 Å². The molecule has 9 heteroatoms. The van der Waals surface area contributed by atoms with E-state index in [1.807, 2.05) is 18.4 Å². The van der Waals surface area contributed by atoms with Crippen LogP contribution in [0, 0.1) is 6.92 Å². The Hall–Kier alpha value is -2.26. The predicted molar refractivity (Wildman–Crippen MR) is 96.1 cm³/mol. The minimum absolute atomic E-state index is 0.175. The van der Waals surface area contributed by atoms with Crippen LogP contribution >= 0.6 is 11.3 Å². The Morgan fingerprint density at radius 3 is 2.76 bits per heavy atom. The van der Waals surface area contributed by atoms with Crippen molar-refractivity contribution in [2.75, 3.05) is 4.72 Å². The number of hydrogen-bond acceptors (Lipinski definition) is 6. The normalized spacial score (nSPS) is 14.6. The first-order valence-corrected chi connectivity index (χ1v) is 10.2. The molecule has 0 atom stereocenters. The van der Waals surface area contributed by atoms with E-state index >= 15 is 0 Å². The summed E-state index contributed by atoms with van der Waals surface area (Å²) in [6.45, 7) is 1.91. The van der Waals surface area contributed by atoms with Gasteiger partial charge in [-0.25, -0.2) is 18.1 Å². The minimum Gasteiger partial charge on any atom is -0.300 e. The van der Waals surface area contributed by atoms with Crippen LogP contribution in [0.4, 0.5) is 5.95 Å². The Labute approximate surface area is 149 Å². The van der Waals surface area contributed by atoms with E-state index < -0.39 is 10.0 Å². The third-order valence-electron chi connectivity index (χ3n) is 4.09. The lowest BCUT2D eigenvalue weighted by Crippen LogP contribution is -2.16. The molecule has 2 heterocycles. The van der Waals surface area contributed by atoms with Crippen molar-refractivity contribution in [3.63, 3.8) is 0 Å². The Kier molecular flexibility index (Phi) is 3.84. The van der Waals surface area contributed by atoms with Gasteiger partial charge in [-0.2, -0.15) is 0 Å². The van der Waals surface area contributed by atoms with E-state index in [9.17, 15) is 8.42 Å². The first kappa shape index (κ1) is 16.2. The zero-order valence-electron chi connectivity index (χ0n) is 13.8. The molecular weight excluding hydrogens is 358 g/mol. The molecule has 25 heavy (non-hydrogen) atoms. The highest BCUT2D eigenvalue weighted by Crippen LogP contribution is 2.39. The fraction of sp³-hybridized carbons (Fsp3) is 0.312. The van der Waals surface area contributed by atoms with Crippen LogP contribution in [-0.2, 0) is 17.1 Å². The molecule has 1 aliphatic carbocycles. The first-order chi connectivity index (χ1) is 11.9. The lowest BCUT2D eigenvalue weighted by Gasteiger charge is -2.08. The van der Waals surface area contributed by atoms with E-state index in [4.69, 9.17) is 0 Å². The third kappa shape index (κ3) is 3.16. The highest BCUT2D eigenvalue weighted by Gasteiger charge is 2.30. The molecule has 3 aromatic rings. The summed E-state index contributed by atoms with van der Waals surface area (Å²) < 4.78 is 29.7. The maximum absolute atomic E-state index is 12.7. The van der Waals surface area contributed by atoms with Crippen molar-refractivity contribution in [3.05, 3.63) is 41.2 Å². The molecule has 4 rings (SSSR count). The second-order valence-electron chi connectivity index (χ2n) is 6.14. The summed E-state index contributed by atoms with van der Waals surface area (Å²) in [5.74, 6) is 1.45. The van der Waals surface area contributed by atoms with Crippen molar-refractivity contribution in [1.29, 1.82) is 0 Å². The fourth-order valence-corrected chi connectivity index (χ4v) is 4.46. The zero-order chi connectivity index (χ0) is 17.6. The van der Waals surface area contributed by atoms with Crippen LogP contribution in [0.3, 0.4) is 0 Å². The Balaban J connectivity index is 1.64. The van der Waals surface area contributed by atoms with Crippen molar-refractivity contribution in [2.45, 2.75) is 30.6 Å². The van der Waals surface area contributed by atoms with Gasteiger partial charge in [-0.3, -0.25) is 4.57 Å². The van der Waals surface area contributed by atoms with E-state index in [-0.39, 0.29) is 10.8 Å². The number of rotatable bonds is 5. The average molecular weight is 375 g/mol. The van der Waals surface area contributed by atoms with Crippen LogP contribution < -0.4 is 4.72 Å². The number of anilines is 1. The van der Waals surface area contributed by atoms with E-state index in [1.54, 1.807) is 29.8 Å². The van der Waals surface area contributed by atoms with Crippen LogP contribution in [-0.4, -0.2) is 28.2 Å². The lowest BCUT2D eigenvalue weighted by atomic mass is 10.2. The molecule has 0 unspecified atom stereocenters. The number of nitrogens with one attached hydrogen (secondary N) is 1. The molecule has 0 amide bonds. The van der Waals surface area contributed by atoms with Crippen molar-refractivity contribution >= 4 is 27.3 Å². The zero-order valence-corrected chi connectivity index (χ0v) is 15.4. The van der Waals surface area contributed by atoms with Gasteiger partial charge in [-0.05, 0) is 31.9 Å². The molecule has 0 spiro atoms. The lowest BCUT2D eigenvalue weighted by molar-refractivity contribution is 0.600. The second-order valence-corrected chi connectivity index (χ2v) is 8.68. The number of hydrogen-bond donors (Lipinski definition) is 1. The van der Waals surface area contributed by atoms with Crippen molar-refractivity contribution in [1.82, 2.24) is 19.7 Å². The number of sulfonamides is 1. The predicted octanol–water partition coefficient (Wildman–Crippen LogP) is 2.93. The van der Waals surface area contributed by atoms with Gasteiger partial charge in [0, 0.05) is 29.6 Å². The summed E-state index contributed by atoms with van der Waals surface area (Å²) in [6.07, 6.45) is 2.15. The average Bonchev–Trinajstić information content (AvgIpc) is 3.24. The van der Waals surface area contributed by atoms with Gasteiger partial charge in [-0.1, -0.05) is 12.1 Å². The first-order valence-electron chi connectivity index (χ1n) is 7.89. The van der Waals surface area contributed by atoms with Gasteiger partial charge in [0.25, 0.3) is 10.0 Å². The topological polar surface area (TPSA) is 89.8 Å². The van der Waals surface area contributed by atoms with E-state index in [0.29, 0.717) is 5.92 Å². The Morgan fingerprint density at radius 2 is 2.08 bits per heavy atom. The Bertz CT molecular complexity index is 1030. The quantitative estimate of drug-likeness (QED) is 0.740. The second kappa shape index (κ2) is 5.92. The molecule has 1 N–H and O–H groups in total. The van der Waals surface area contributed by atoms with Gasteiger partial charge in [0.05, 0.1) is 4.90 Å². The summed E-state index contributed by atoms with van der Waals surface area (Å²) in [7, 11) is -1.97. The summed E-state index contributed by atoms with van der Waals surface area (Å²) in [5.41, 5.74) is 1.69. The molecule has 7 nitrogen and oxygen atoms in total. The minimum atomic E-state index is -3.75. The summed E-state index contributed by atoms with van der Waals surface area (Å²) in [4.78, 5) is 4.58. The van der Waals surface area contributed by atoms with Crippen molar-refractivity contribution in [3.8, 4) is 10.6 Å². The number of benzene rings is 1. The molecule has 130 valence electrons. The molecule has 2 aromatic heterocycles. The molecule has 0 radical (unpaired) electrons. The number of aryl methyl sites for hydroxylation is 1. The molecule has 0 aliphatic heterocycles. The van der Waals surface area contributed by atoms with E-state index in [1.165, 1.54) is 11.3 Å². The molecule has 1 fully saturated rings. The van der Waals surface area contributed by atoms with Crippen LogP contribution in [0.25, 0.3) is 10.6 Å². The van der Waals surface area contributed by atoms with E-state index in [0.717, 1.165) is 34.9 Å². The monoisotopic (exact) mass is 375 g/mol. The van der Waals surface area contributed by atoms with Crippen molar-refractivity contribution in [2.24, 2.45) is 7.05 Å². The maximum Gasteiger partial charge on any atom is 0.264 e. The number of thiazole rings is 1. The Morgan fingerprint density at radius 1 is 1.28 bits per heavy atom. The highest BCUT2D eigenvalue weighted by molar-refractivity contribution is 7.92. The van der Waals surface area contributed by atoms with Gasteiger partial charge < -0.3 is 0 Å². The number of nitrogens with zero attached hydrogens (tertiary/aromatic N) is 4.